The summed E-state index contributed by atoms with van der Waals surface area (Å²) in [6, 6.07) is 0.218. The van der Waals surface area contributed by atoms with Gasteiger partial charge in [-0.05, 0) is 53.3 Å². The predicted molar refractivity (Wildman–Crippen MR) is 95.1 cm³/mol. The third-order valence-corrected chi connectivity index (χ3v) is 6.87. The molecule has 5 nitrogen and oxygen atoms in total. The summed E-state index contributed by atoms with van der Waals surface area (Å²) in [5, 5.41) is 0. The quantitative estimate of drug-likeness (QED) is 0.574. The highest BCUT2D eigenvalue weighted by atomic mass is 28.4. The number of hydrogen-bond acceptors (Lipinski definition) is 4. The SMILES string of the molecule is CO[C@H]1CCC[C@H]2[C@@H]1OC(C)(C)N1C(=O)[C@H]([C@@H](C)O[Si](C)(C)C)[C@@H]21. The molecule has 2 aliphatic heterocycles. The van der Waals surface area contributed by atoms with Crippen LogP contribution in [-0.2, 0) is 18.7 Å². The Morgan fingerprint density at radius 1 is 1.29 bits per heavy atom. The van der Waals surface area contributed by atoms with Crippen molar-refractivity contribution < 1.29 is 18.7 Å². The Labute approximate surface area is 147 Å². The van der Waals surface area contributed by atoms with Crippen LogP contribution in [0.5, 0.6) is 0 Å². The van der Waals surface area contributed by atoms with Crippen molar-refractivity contribution >= 4 is 14.2 Å². The van der Waals surface area contributed by atoms with Gasteiger partial charge in [0.1, 0.15) is 5.72 Å². The van der Waals surface area contributed by atoms with E-state index in [4.69, 9.17) is 13.9 Å². The number of fused-ring (bicyclic) bond motifs is 3. The van der Waals surface area contributed by atoms with Crippen LogP contribution in [0.25, 0.3) is 0 Å². The van der Waals surface area contributed by atoms with Crippen molar-refractivity contribution in [3.05, 3.63) is 0 Å². The molecule has 6 heteroatoms. The fraction of sp³-hybridized carbons (Fsp3) is 0.944. The Hall–Kier alpha value is -0.433. The first-order valence-corrected chi connectivity index (χ1v) is 12.7. The third kappa shape index (κ3) is 2.95. The van der Waals surface area contributed by atoms with E-state index in [2.05, 4.69) is 26.6 Å². The van der Waals surface area contributed by atoms with E-state index in [0.29, 0.717) is 5.92 Å². The number of ether oxygens (including phenoxy) is 2. The van der Waals surface area contributed by atoms with Crippen LogP contribution in [0.4, 0.5) is 0 Å². The smallest absolute Gasteiger partial charge is 0.232 e. The maximum atomic E-state index is 12.9. The molecule has 138 valence electrons. The number of rotatable bonds is 4. The molecule has 3 fully saturated rings. The zero-order valence-electron chi connectivity index (χ0n) is 16.2. The number of amides is 1. The standard InChI is InChI=1S/C18H33NO4Si/c1-11(23-24(5,6)7)14-15-12-9-8-10-13(21-4)16(12)22-18(2,3)19(15)17(14)20/h11-16H,8-10H2,1-7H3/t11-,12-,13+,14-,15-,16+/m1/s1. The van der Waals surface area contributed by atoms with E-state index in [1.165, 1.54) is 0 Å². The van der Waals surface area contributed by atoms with Gasteiger partial charge in [0.25, 0.3) is 0 Å². The Kier molecular flexibility index (Phi) is 4.65. The molecule has 1 aliphatic carbocycles. The van der Waals surface area contributed by atoms with Gasteiger partial charge in [0, 0.05) is 13.0 Å². The van der Waals surface area contributed by atoms with Crippen LogP contribution in [0.3, 0.4) is 0 Å². The molecule has 0 unspecified atom stereocenters. The molecular formula is C18H33NO4Si. The Morgan fingerprint density at radius 3 is 2.54 bits per heavy atom. The zero-order valence-corrected chi connectivity index (χ0v) is 17.2. The van der Waals surface area contributed by atoms with Crippen molar-refractivity contribution in [1.82, 2.24) is 4.90 Å². The first kappa shape index (κ1) is 18.4. The molecule has 0 radical (unpaired) electrons. The Balaban J connectivity index is 1.86. The van der Waals surface area contributed by atoms with Gasteiger partial charge < -0.3 is 18.8 Å². The van der Waals surface area contributed by atoms with Crippen molar-refractivity contribution in [2.24, 2.45) is 11.8 Å². The minimum Gasteiger partial charge on any atom is -0.414 e. The van der Waals surface area contributed by atoms with Gasteiger partial charge in [-0.15, -0.1) is 0 Å². The lowest BCUT2D eigenvalue weighted by molar-refractivity contribution is -0.302. The van der Waals surface area contributed by atoms with E-state index in [0.717, 1.165) is 19.3 Å². The highest BCUT2D eigenvalue weighted by Crippen LogP contribution is 2.51. The predicted octanol–water partition coefficient (Wildman–Crippen LogP) is 3.00. The number of carbonyl (C=O) groups is 1. The Bertz CT molecular complexity index is 504. The van der Waals surface area contributed by atoms with Crippen LogP contribution in [0.1, 0.15) is 40.0 Å². The maximum Gasteiger partial charge on any atom is 0.232 e. The first-order chi connectivity index (χ1) is 11.1. The van der Waals surface area contributed by atoms with Crippen LogP contribution in [0, 0.1) is 11.8 Å². The van der Waals surface area contributed by atoms with Crippen LogP contribution < -0.4 is 0 Å². The van der Waals surface area contributed by atoms with Crippen molar-refractivity contribution in [3.63, 3.8) is 0 Å². The second-order valence-corrected chi connectivity index (χ2v) is 13.5. The highest BCUT2D eigenvalue weighted by Gasteiger charge is 2.64. The molecule has 3 aliphatic rings. The molecule has 3 rings (SSSR count). The summed E-state index contributed by atoms with van der Waals surface area (Å²) < 4.78 is 18.4. The number of nitrogens with zero attached hydrogens (tertiary/aromatic N) is 1. The summed E-state index contributed by atoms with van der Waals surface area (Å²) in [6.45, 7) is 12.6. The van der Waals surface area contributed by atoms with Gasteiger partial charge in [0.05, 0.1) is 30.3 Å². The summed E-state index contributed by atoms with van der Waals surface area (Å²) in [6.07, 6.45) is 3.47. The topological polar surface area (TPSA) is 48.0 Å². The summed E-state index contributed by atoms with van der Waals surface area (Å²) in [4.78, 5) is 14.9. The second-order valence-electron chi connectivity index (χ2n) is 9.06. The molecule has 0 bridgehead atoms. The minimum atomic E-state index is -1.68. The average Bonchev–Trinajstić information content (AvgIpc) is 2.41. The number of β-lactam (4-membered cyclic amide) rings is 1. The molecule has 0 N–H and O–H groups in total. The minimum absolute atomic E-state index is 0.0251. The van der Waals surface area contributed by atoms with Gasteiger partial charge in [-0.1, -0.05) is 6.42 Å². The molecule has 1 amide bonds. The van der Waals surface area contributed by atoms with E-state index >= 15 is 0 Å². The summed E-state index contributed by atoms with van der Waals surface area (Å²) in [5.74, 6) is 0.504. The maximum absolute atomic E-state index is 12.9. The normalized spacial score (nSPS) is 39.7. The van der Waals surface area contributed by atoms with Gasteiger partial charge in [-0.25, -0.2) is 0 Å². The molecule has 2 saturated heterocycles. The average molecular weight is 356 g/mol. The molecule has 1 saturated carbocycles. The van der Waals surface area contributed by atoms with Crippen LogP contribution in [-0.4, -0.2) is 56.3 Å². The van der Waals surface area contributed by atoms with Gasteiger partial charge >= 0.3 is 0 Å². The zero-order chi connectivity index (χ0) is 17.9. The second kappa shape index (κ2) is 6.08. The van der Waals surface area contributed by atoms with Crippen molar-refractivity contribution in [3.8, 4) is 0 Å². The van der Waals surface area contributed by atoms with Crippen molar-refractivity contribution in [2.45, 2.75) is 89.8 Å². The van der Waals surface area contributed by atoms with E-state index in [-0.39, 0.29) is 36.2 Å². The number of hydrogen-bond donors (Lipinski definition) is 0. The van der Waals surface area contributed by atoms with Gasteiger partial charge in [-0.2, -0.15) is 0 Å². The number of carbonyl (C=O) groups excluding carboxylic acids is 1. The van der Waals surface area contributed by atoms with Crippen LogP contribution in [0.2, 0.25) is 19.6 Å². The highest BCUT2D eigenvalue weighted by molar-refractivity contribution is 6.69. The van der Waals surface area contributed by atoms with Crippen LogP contribution >= 0.6 is 0 Å². The summed E-state index contributed by atoms with van der Waals surface area (Å²) in [7, 11) is 0.0960. The molecule has 0 aromatic heterocycles. The van der Waals surface area contributed by atoms with E-state index < -0.39 is 14.0 Å². The molecular weight excluding hydrogens is 322 g/mol. The van der Waals surface area contributed by atoms with Crippen molar-refractivity contribution in [2.75, 3.05) is 7.11 Å². The van der Waals surface area contributed by atoms with E-state index in [9.17, 15) is 4.79 Å². The monoisotopic (exact) mass is 355 g/mol. The van der Waals surface area contributed by atoms with Crippen LogP contribution in [0.15, 0.2) is 0 Å². The lowest BCUT2D eigenvalue weighted by atomic mass is 9.66. The fourth-order valence-corrected chi connectivity index (χ4v) is 6.31. The van der Waals surface area contributed by atoms with E-state index in [1.54, 1.807) is 7.11 Å². The van der Waals surface area contributed by atoms with Gasteiger partial charge in [0.15, 0.2) is 8.32 Å². The molecule has 0 spiro atoms. The lowest BCUT2D eigenvalue weighted by Gasteiger charge is -2.65. The van der Waals surface area contributed by atoms with E-state index in [1.807, 2.05) is 18.7 Å². The molecule has 2 heterocycles. The Morgan fingerprint density at radius 2 is 1.96 bits per heavy atom. The summed E-state index contributed by atoms with van der Waals surface area (Å²) >= 11 is 0. The molecule has 0 aromatic rings. The first-order valence-electron chi connectivity index (χ1n) is 9.28. The number of methoxy groups -OCH3 is 1. The third-order valence-electron chi connectivity index (χ3n) is 5.79. The van der Waals surface area contributed by atoms with Crippen molar-refractivity contribution in [1.29, 1.82) is 0 Å². The van der Waals surface area contributed by atoms with Gasteiger partial charge in [-0.3, -0.25) is 4.79 Å². The fourth-order valence-electron chi connectivity index (χ4n) is 5.05. The summed E-state index contributed by atoms with van der Waals surface area (Å²) in [5.41, 5.74) is -0.563. The van der Waals surface area contributed by atoms with Gasteiger partial charge in [0.2, 0.25) is 5.91 Å². The molecule has 0 aromatic carbocycles. The molecule has 6 atom stereocenters. The lowest BCUT2D eigenvalue weighted by Crippen LogP contribution is -2.79. The largest absolute Gasteiger partial charge is 0.414 e. The molecule has 24 heavy (non-hydrogen) atoms.